The predicted octanol–water partition coefficient (Wildman–Crippen LogP) is 2.78. The number of phenolic OH excluding ortho intramolecular Hbond substituents is 1. The van der Waals surface area contributed by atoms with E-state index < -0.39 is 5.82 Å². The number of hydrogen-bond acceptors (Lipinski definition) is 3. The van der Waals surface area contributed by atoms with E-state index in [1.54, 1.807) is 0 Å². The molecule has 20 heavy (non-hydrogen) atoms. The molecule has 2 aromatic rings. The first-order valence-corrected chi connectivity index (χ1v) is 6.50. The lowest BCUT2D eigenvalue weighted by Gasteiger charge is -2.18. The third-order valence-corrected chi connectivity index (χ3v) is 3.58. The van der Waals surface area contributed by atoms with E-state index in [1.807, 2.05) is 29.2 Å². The summed E-state index contributed by atoms with van der Waals surface area (Å²) in [6, 6.07) is 11.3. The molecule has 0 bridgehead atoms. The second-order valence-corrected chi connectivity index (χ2v) is 4.88. The predicted molar refractivity (Wildman–Crippen MR) is 74.8 cm³/mol. The summed E-state index contributed by atoms with van der Waals surface area (Å²) in [4.78, 5) is 14.2. The minimum absolute atomic E-state index is 0.0365. The van der Waals surface area contributed by atoms with E-state index in [4.69, 9.17) is 0 Å². The van der Waals surface area contributed by atoms with Crippen LogP contribution in [0.15, 0.2) is 42.5 Å². The molecule has 102 valence electrons. The number of anilines is 1. The van der Waals surface area contributed by atoms with Crippen molar-refractivity contribution < 1.29 is 14.3 Å². The number of ketones is 1. The number of halogens is 1. The Kier molecular flexibility index (Phi) is 3.14. The maximum atomic E-state index is 13.2. The number of rotatable bonds is 3. The molecule has 0 radical (unpaired) electrons. The summed E-state index contributed by atoms with van der Waals surface area (Å²) >= 11 is 0. The highest BCUT2D eigenvalue weighted by Crippen LogP contribution is 2.28. The Morgan fingerprint density at radius 3 is 2.90 bits per heavy atom. The van der Waals surface area contributed by atoms with E-state index in [2.05, 4.69) is 0 Å². The van der Waals surface area contributed by atoms with Crippen molar-refractivity contribution in [1.82, 2.24) is 0 Å². The third-order valence-electron chi connectivity index (χ3n) is 3.58. The molecular formula is C16H14FNO2. The zero-order chi connectivity index (χ0) is 14.1. The minimum atomic E-state index is -0.520. The van der Waals surface area contributed by atoms with Gasteiger partial charge in [-0.05, 0) is 36.2 Å². The Morgan fingerprint density at radius 1 is 1.25 bits per heavy atom. The molecule has 0 aromatic heterocycles. The van der Waals surface area contributed by atoms with Crippen molar-refractivity contribution in [3.05, 3.63) is 59.4 Å². The van der Waals surface area contributed by atoms with Gasteiger partial charge in [-0.2, -0.15) is 0 Å². The fraction of sp³-hybridized carbons (Fsp3) is 0.188. The molecular weight excluding hydrogens is 257 g/mol. The fourth-order valence-corrected chi connectivity index (χ4v) is 2.56. The third kappa shape index (κ3) is 2.25. The fourth-order valence-electron chi connectivity index (χ4n) is 2.56. The maximum absolute atomic E-state index is 13.2. The molecule has 0 spiro atoms. The van der Waals surface area contributed by atoms with Crippen LogP contribution in [0.4, 0.5) is 10.1 Å². The summed E-state index contributed by atoms with van der Waals surface area (Å²) in [6.07, 6.45) is 0.901. The Balaban J connectivity index is 1.82. The highest BCUT2D eigenvalue weighted by Gasteiger charge is 2.22. The van der Waals surface area contributed by atoms with E-state index in [0.717, 1.165) is 30.8 Å². The Morgan fingerprint density at radius 2 is 2.05 bits per heavy atom. The number of aromatic hydroxyl groups is 1. The molecule has 1 heterocycles. The molecule has 0 unspecified atom stereocenters. The number of hydrogen-bond donors (Lipinski definition) is 1. The molecule has 0 amide bonds. The SMILES string of the molecule is O=C(CN1CCc2ccccc21)c1cc(F)ccc1O. The molecule has 0 saturated carbocycles. The topological polar surface area (TPSA) is 40.5 Å². The van der Waals surface area contributed by atoms with Gasteiger partial charge < -0.3 is 10.0 Å². The lowest BCUT2D eigenvalue weighted by molar-refractivity contribution is 0.0996. The van der Waals surface area contributed by atoms with Gasteiger partial charge in [0.05, 0.1) is 12.1 Å². The van der Waals surface area contributed by atoms with Crippen molar-refractivity contribution >= 4 is 11.5 Å². The normalized spacial score (nSPS) is 13.3. The van der Waals surface area contributed by atoms with Gasteiger partial charge in [0.25, 0.3) is 0 Å². The monoisotopic (exact) mass is 271 g/mol. The molecule has 3 nitrogen and oxygen atoms in total. The molecule has 3 rings (SSSR count). The Hall–Kier alpha value is -2.36. The Labute approximate surface area is 116 Å². The molecule has 0 saturated heterocycles. The zero-order valence-corrected chi connectivity index (χ0v) is 10.8. The van der Waals surface area contributed by atoms with E-state index in [1.165, 1.54) is 11.6 Å². The molecule has 4 heteroatoms. The molecule has 2 aromatic carbocycles. The smallest absolute Gasteiger partial charge is 0.185 e. The van der Waals surface area contributed by atoms with Gasteiger partial charge in [0, 0.05) is 12.2 Å². The summed E-state index contributed by atoms with van der Waals surface area (Å²) in [6.45, 7) is 0.912. The summed E-state index contributed by atoms with van der Waals surface area (Å²) in [5.74, 6) is -0.976. The molecule has 0 fully saturated rings. The van der Waals surface area contributed by atoms with Gasteiger partial charge in [-0.1, -0.05) is 18.2 Å². The van der Waals surface area contributed by atoms with Crippen molar-refractivity contribution in [3.63, 3.8) is 0 Å². The first-order chi connectivity index (χ1) is 9.65. The van der Waals surface area contributed by atoms with Crippen molar-refractivity contribution in [2.45, 2.75) is 6.42 Å². The van der Waals surface area contributed by atoms with Crippen LogP contribution in [0.1, 0.15) is 15.9 Å². The average molecular weight is 271 g/mol. The number of carbonyl (C=O) groups excluding carboxylic acids is 1. The first-order valence-electron chi connectivity index (χ1n) is 6.50. The lowest BCUT2D eigenvalue weighted by Crippen LogP contribution is -2.28. The number of Topliss-reactive ketones (excluding diaryl/α,β-unsaturated/α-hetero) is 1. The van der Waals surface area contributed by atoms with Crippen LogP contribution in [0.25, 0.3) is 0 Å². The molecule has 0 aliphatic carbocycles. The van der Waals surface area contributed by atoms with Crippen LogP contribution in [0, 0.1) is 5.82 Å². The van der Waals surface area contributed by atoms with Crippen LogP contribution in [-0.2, 0) is 6.42 Å². The summed E-state index contributed by atoms with van der Waals surface area (Å²) in [7, 11) is 0. The van der Waals surface area contributed by atoms with E-state index in [-0.39, 0.29) is 23.6 Å². The number of fused-ring (bicyclic) bond motifs is 1. The lowest BCUT2D eigenvalue weighted by atomic mass is 10.1. The molecule has 1 aliphatic heterocycles. The van der Waals surface area contributed by atoms with Crippen LogP contribution in [0.5, 0.6) is 5.75 Å². The van der Waals surface area contributed by atoms with Crippen molar-refractivity contribution in [3.8, 4) is 5.75 Å². The second-order valence-electron chi connectivity index (χ2n) is 4.88. The highest BCUT2D eigenvalue weighted by atomic mass is 19.1. The number of carbonyl (C=O) groups is 1. The molecule has 1 aliphatic rings. The number of para-hydroxylation sites is 1. The number of phenols is 1. The number of benzene rings is 2. The van der Waals surface area contributed by atoms with Gasteiger partial charge in [0.2, 0.25) is 0 Å². The van der Waals surface area contributed by atoms with Gasteiger partial charge in [-0.3, -0.25) is 4.79 Å². The van der Waals surface area contributed by atoms with Gasteiger partial charge in [-0.25, -0.2) is 4.39 Å². The van der Waals surface area contributed by atoms with Crippen molar-refractivity contribution in [1.29, 1.82) is 0 Å². The zero-order valence-electron chi connectivity index (χ0n) is 10.8. The quantitative estimate of drug-likeness (QED) is 0.873. The second kappa shape index (κ2) is 4.96. The summed E-state index contributed by atoms with van der Waals surface area (Å²) in [5, 5.41) is 9.67. The minimum Gasteiger partial charge on any atom is -0.507 e. The van der Waals surface area contributed by atoms with Crippen LogP contribution >= 0.6 is 0 Å². The number of nitrogens with zero attached hydrogens (tertiary/aromatic N) is 1. The van der Waals surface area contributed by atoms with Crippen LogP contribution in [0.2, 0.25) is 0 Å². The van der Waals surface area contributed by atoms with E-state index in [9.17, 15) is 14.3 Å². The van der Waals surface area contributed by atoms with Crippen LogP contribution < -0.4 is 4.90 Å². The average Bonchev–Trinajstić information content (AvgIpc) is 2.85. The van der Waals surface area contributed by atoms with E-state index in [0.29, 0.717) is 0 Å². The van der Waals surface area contributed by atoms with Gasteiger partial charge in [-0.15, -0.1) is 0 Å². The molecule has 1 N–H and O–H groups in total. The van der Waals surface area contributed by atoms with Gasteiger partial charge >= 0.3 is 0 Å². The largest absolute Gasteiger partial charge is 0.507 e. The molecule has 0 atom stereocenters. The maximum Gasteiger partial charge on any atom is 0.185 e. The van der Waals surface area contributed by atoms with Gasteiger partial charge in [0.15, 0.2) is 5.78 Å². The van der Waals surface area contributed by atoms with Crippen LogP contribution in [-0.4, -0.2) is 24.0 Å². The van der Waals surface area contributed by atoms with Gasteiger partial charge in [0.1, 0.15) is 11.6 Å². The highest BCUT2D eigenvalue weighted by molar-refractivity contribution is 6.01. The van der Waals surface area contributed by atoms with E-state index >= 15 is 0 Å². The standard InChI is InChI=1S/C16H14FNO2/c17-12-5-6-15(19)13(9-12)16(20)10-18-8-7-11-3-1-2-4-14(11)18/h1-6,9,19H,7-8,10H2. The van der Waals surface area contributed by atoms with Crippen LogP contribution in [0.3, 0.4) is 0 Å². The van der Waals surface area contributed by atoms with Crippen molar-refractivity contribution in [2.24, 2.45) is 0 Å². The van der Waals surface area contributed by atoms with Crippen molar-refractivity contribution in [2.75, 3.05) is 18.0 Å². The summed E-state index contributed by atoms with van der Waals surface area (Å²) < 4.78 is 13.2. The Bertz CT molecular complexity index is 669. The first kappa shape index (κ1) is 12.7. The summed E-state index contributed by atoms with van der Waals surface area (Å²) in [5.41, 5.74) is 2.29.